The van der Waals surface area contributed by atoms with E-state index in [1.54, 1.807) is 0 Å². The lowest BCUT2D eigenvalue weighted by Crippen LogP contribution is -2.37. The molecule has 1 unspecified atom stereocenters. The maximum Gasteiger partial charge on any atom is 0.407 e. The van der Waals surface area contributed by atoms with Crippen LogP contribution < -0.4 is 5.32 Å². The van der Waals surface area contributed by atoms with Crippen LogP contribution in [0.2, 0.25) is 0 Å². The van der Waals surface area contributed by atoms with Crippen molar-refractivity contribution in [2.75, 3.05) is 0 Å². The topological polar surface area (TPSA) is 95.9 Å². The summed E-state index contributed by atoms with van der Waals surface area (Å²) in [6.45, 7) is 0.0824. The summed E-state index contributed by atoms with van der Waals surface area (Å²) < 4.78 is 18.5. The minimum absolute atomic E-state index is 0.0824. The van der Waals surface area contributed by atoms with Crippen molar-refractivity contribution in [2.45, 2.75) is 31.9 Å². The SMILES string of the molecule is O=C(O)CCC(Cc1cc(O)cc(F)c1)NC(=O)OCc1ccccc1. The normalized spacial score (nSPS) is 11.6. The number of hydrogen-bond acceptors (Lipinski definition) is 4. The van der Waals surface area contributed by atoms with Crippen LogP contribution in [0.25, 0.3) is 0 Å². The molecule has 0 aliphatic heterocycles. The van der Waals surface area contributed by atoms with E-state index in [9.17, 15) is 19.1 Å². The van der Waals surface area contributed by atoms with Crippen molar-refractivity contribution >= 4 is 12.1 Å². The lowest BCUT2D eigenvalue weighted by atomic mass is 10.0. The summed E-state index contributed by atoms with van der Waals surface area (Å²) in [4.78, 5) is 22.8. The lowest BCUT2D eigenvalue weighted by molar-refractivity contribution is -0.137. The van der Waals surface area contributed by atoms with Crippen molar-refractivity contribution in [3.05, 3.63) is 65.5 Å². The highest BCUT2D eigenvalue weighted by Gasteiger charge is 2.16. The second-order valence-electron chi connectivity index (χ2n) is 5.86. The molecule has 6 nitrogen and oxygen atoms in total. The molecule has 26 heavy (non-hydrogen) atoms. The van der Waals surface area contributed by atoms with Gasteiger partial charge in [0.1, 0.15) is 18.2 Å². The zero-order valence-electron chi connectivity index (χ0n) is 14.0. The zero-order chi connectivity index (χ0) is 18.9. The van der Waals surface area contributed by atoms with E-state index < -0.39 is 23.9 Å². The number of carbonyl (C=O) groups is 2. The quantitative estimate of drug-likeness (QED) is 0.671. The van der Waals surface area contributed by atoms with E-state index in [4.69, 9.17) is 9.84 Å². The molecular weight excluding hydrogens is 341 g/mol. The second-order valence-corrected chi connectivity index (χ2v) is 5.86. The number of halogens is 1. The van der Waals surface area contributed by atoms with Crippen molar-refractivity contribution in [1.29, 1.82) is 0 Å². The van der Waals surface area contributed by atoms with Crippen molar-refractivity contribution < 1.29 is 28.9 Å². The number of aromatic hydroxyl groups is 1. The van der Waals surface area contributed by atoms with E-state index in [1.165, 1.54) is 12.1 Å². The molecule has 1 atom stereocenters. The zero-order valence-corrected chi connectivity index (χ0v) is 14.0. The molecule has 7 heteroatoms. The molecular formula is C19H20FNO5. The Morgan fingerprint density at radius 2 is 1.85 bits per heavy atom. The molecule has 0 heterocycles. The minimum Gasteiger partial charge on any atom is -0.508 e. The summed E-state index contributed by atoms with van der Waals surface area (Å²) >= 11 is 0. The molecule has 0 aliphatic carbocycles. The van der Waals surface area contributed by atoms with Crippen LogP contribution >= 0.6 is 0 Å². The molecule has 0 radical (unpaired) electrons. The van der Waals surface area contributed by atoms with Gasteiger partial charge >= 0.3 is 12.1 Å². The predicted molar refractivity (Wildman–Crippen MR) is 92.2 cm³/mol. The number of hydrogen-bond donors (Lipinski definition) is 3. The van der Waals surface area contributed by atoms with Crippen LogP contribution in [0.3, 0.4) is 0 Å². The number of nitrogens with one attached hydrogen (secondary N) is 1. The van der Waals surface area contributed by atoms with Gasteiger partial charge in [0.15, 0.2) is 0 Å². The number of ether oxygens (including phenoxy) is 1. The summed E-state index contributed by atoms with van der Waals surface area (Å²) in [7, 11) is 0. The average molecular weight is 361 g/mol. The van der Waals surface area contributed by atoms with E-state index in [0.29, 0.717) is 5.56 Å². The smallest absolute Gasteiger partial charge is 0.407 e. The minimum atomic E-state index is -1.00. The number of aliphatic carboxylic acids is 1. The van der Waals surface area contributed by atoms with Crippen molar-refractivity contribution in [3.8, 4) is 5.75 Å². The van der Waals surface area contributed by atoms with Gasteiger partial charge in [-0.25, -0.2) is 9.18 Å². The number of rotatable bonds is 8. The largest absolute Gasteiger partial charge is 0.508 e. The number of amides is 1. The molecule has 138 valence electrons. The first kappa shape index (κ1) is 19.2. The van der Waals surface area contributed by atoms with Crippen LogP contribution in [0.15, 0.2) is 48.5 Å². The van der Waals surface area contributed by atoms with Gasteiger partial charge in [0.05, 0.1) is 0 Å². The molecule has 0 spiro atoms. The number of benzene rings is 2. The van der Waals surface area contributed by atoms with Gasteiger partial charge in [-0.1, -0.05) is 30.3 Å². The molecule has 0 aromatic heterocycles. The number of phenols is 1. The Labute approximate surface area is 150 Å². The molecule has 2 aromatic carbocycles. The van der Waals surface area contributed by atoms with Gasteiger partial charge in [0.2, 0.25) is 0 Å². The van der Waals surface area contributed by atoms with Crippen LogP contribution in [0.1, 0.15) is 24.0 Å². The monoisotopic (exact) mass is 361 g/mol. The highest BCUT2D eigenvalue weighted by Crippen LogP contribution is 2.17. The second kappa shape index (κ2) is 9.41. The van der Waals surface area contributed by atoms with Crippen molar-refractivity contribution in [1.82, 2.24) is 5.32 Å². The van der Waals surface area contributed by atoms with Gasteiger partial charge in [0.25, 0.3) is 0 Å². The summed E-state index contributed by atoms with van der Waals surface area (Å²) in [6, 6.07) is 12.1. The molecule has 0 saturated carbocycles. The standard InChI is InChI=1S/C19H20FNO5/c20-15-8-14(10-17(22)11-15)9-16(6-7-18(23)24)21-19(25)26-12-13-4-2-1-3-5-13/h1-5,8,10-11,16,22H,6-7,9,12H2,(H,21,25)(H,23,24). The summed E-state index contributed by atoms with van der Waals surface area (Å²) in [5, 5.41) is 20.9. The molecule has 2 rings (SSSR count). The van der Waals surface area contributed by atoms with E-state index in [0.717, 1.165) is 11.6 Å². The Hall–Kier alpha value is -3.09. The highest BCUT2D eigenvalue weighted by molar-refractivity contribution is 5.68. The fraction of sp³-hybridized carbons (Fsp3) is 0.263. The fourth-order valence-electron chi connectivity index (χ4n) is 2.49. The average Bonchev–Trinajstić information content (AvgIpc) is 2.58. The van der Waals surface area contributed by atoms with Crippen LogP contribution in [0, 0.1) is 5.82 Å². The third-order valence-corrected chi connectivity index (χ3v) is 3.67. The molecule has 0 aliphatic rings. The Morgan fingerprint density at radius 1 is 1.12 bits per heavy atom. The first-order valence-electron chi connectivity index (χ1n) is 8.10. The van der Waals surface area contributed by atoms with Gasteiger partial charge in [-0.2, -0.15) is 0 Å². The van der Waals surface area contributed by atoms with E-state index in [1.807, 2.05) is 30.3 Å². The Morgan fingerprint density at radius 3 is 2.50 bits per heavy atom. The third kappa shape index (κ3) is 6.80. The van der Waals surface area contributed by atoms with Gasteiger partial charge in [0, 0.05) is 18.5 Å². The number of alkyl carbamates (subject to hydrolysis) is 1. The Bertz CT molecular complexity index is 731. The molecule has 0 fully saturated rings. The molecule has 2 aromatic rings. The van der Waals surface area contributed by atoms with Gasteiger partial charge in [-0.05, 0) is 36.1 Å². The van der Waals surface area contributed by atoms with E-state index in [-0.39, 0.29) is 31.6 Å². The highest BCUT2D eigenvalue weighted by atomic mass is 19.1. The van der Waals surface area contributed by atoms with Crippen LogP contribution in [-0.4, -0.2) is 28.3 Å². The Kier molecular flexibility index (Phi) is 6.96. The van der Waals surface area contributed by atoms with E-state index >= 15 is 0 Å². The van der Waals surface area contributed by atoms with Crippen LogP contribution in [0.5, 0.6) is 5.75 Å². The van der Waals surface area contributed by atoms with Crippen molar-refractivity contribution in [3.63, 3.8) is 0 Å². The number of phenolic OH excluding ortho intramolecular Hbond substituents is 1. The lowest BCUT2D eigenvalue weighted by Gasteiger charge is -2.18. The Balaban J connectivity index is 1.96. The number of carbonyl (C=O) groups excluding carboxylic acids is 1. The molecule has 0 saturated heterocycles. The van der Waals surface area contributed by atoms with Crippen LogP contribution in [0.4, 0.5) is 9.18 Å². The summed E-state index contributed by atoms with van der Waals surface area (Å²) in [6.07, 6.45) is -0.540. The number of carboxylic acid groups (broad SMARTS) is 1. The molecule has 1 amide bonds. The first-order valence-corrected chi connectivity index (χ1v) is 8.10. The molecule has 0 bridgehead atoms. The van der Waals surface area contributed by atoms with Gasteiger partial charge in [-0.3, -0.25) is 4.79 Å². The third-order valence-electron chi connectivity index (χ3n) is 3.67. The summed E-state index contributed by atoms with van der Waals surface area (Å²) in [5.74, 6) is -1.84. The maximum atomic E-state index is 13.4. The summed E-state index contributed by atoms with van der Waals surface area (Å²) in [5.41, 5.74) is 1.26. The van der Waals surface area contributed by atoms with Gasteiger partial charge < -0.3 is 20.3 Å². The first-order chi connectivity index (χ1) is 12.4. The van der Waals surface area contributed by atoms with Crippen molar-refractivity contribution in [2.24, 2.45) is 0 Å². The molecule has 3 N–H and O–H groups in total. The number of carboxylic acids is 1. The van der Waals surface area contributed by atoms with E-state index in [2.05, 4.69) is 5.32 Å². The van der Waals surface area contributed by atoms with Gasteiger partial charge in [-0.15, -0.1) is 0 Å². The van der Waals surface area contributed by atoms with Crippen LogP contribution in [-0.2, 0) is 22.6 Å². The maximum absolute atomic E-state index is 13.4. The fourth-order valence-corrected chi connectivity index (χ4v) is 2.49. The predicted octanol–water partition coefficient (Wildman–Crippen LogP) is 3.23.